The van der Waals surface area contributed by atoms with Gasteiger partial charge >= 0.3 is 0 Å². The number of hydrogen-bond acceptors (Lipinski definition) is 4. The predicted octanol–water partition coefficient (Wildman–Crippen LogP) is 4.76. The first-order valence-electron chi connectivity index (χ1n) is 8.57. The smallest absolute Gasteiger partial charge is 0.293 e. The molecular formula is C20H24N2O2S. The fourth-order valence-corrected chi connectivity index (χ4v) is 4.35. The molecule has 2 aliphatic heterocycles. The fraction of sp³-hybridized carbons (Fsp3) is 0.400. The second-order valence-corrected chi connectivity index (χ2v) is 8.14. The van der Waals surface area contributed by atoms with Crippen molar-refractivity contribution in [2.75, 3.05) is 18.5 Å². The van der Waals surface area contributed by atoms with Crippen molar-refractivity contribution in [2.24, 2.45) is 0 Å². The van der Waals surface area contributed by atoms with Gasteiger partial charge in [0.25, 0.3) is 11.1 Å². The van der Waals surface area contributed by atoms with E-state index >= 15 is 0 Å². The zero-order valence-corrected chi connectivity index (χ0v) is 16.2. The summed E-state index contributed by atoms with van der Waals surface area (Å²) in [5, 5.41) is -0.221. The number of benzene rings is 1. The Labute approximate surface area is 153 Å². The quantitative estimate of drug-likeness (QED) is 0.732. The number of imide groups is 1. The molecule has 5 heteroatoms. The molecule has 2 heterocycles. The molecule has 0 saturated carbocycles. The SMILES string of the molecule is CCCN1c2ccc(/C=C3\SC(=O)N(C)C3=O)cc2C(C)=CC1(C)C. The Morgan fingerprint density at radius 3 is 2.56 bits per heavy atom. The van der Waals surface area contributed by atoms with Gasteiger partial charge in [-0.1, -0.05) is 19.1 Å². The lowest BCUT2D eigenvalue weighted by Crippen LogP contribution is -2.45. The molecule has 1 aromatic rings. The van der Waals surface area contributed by atoms with Gasteiger partial charge in [-0.25, -0.2) is 0 Å². The van der Waals surface area contributed by atoms with Crippen LogP contribution in [-0.2, 0) is 4.79 Å². The summed E-state index contributed by atoms with van der Waals surface area (Å²) in [4.78, 5) is 27.8. The lowest BCUT2D eigenvalue weighted by molar-refractivity contribution is -0.121. The minimum Gasteiger partial charge on any atom is -0.362 e. The molecule has 0 radical (unpaired) electrons. The van der Waals surface area contributed by atoms with Crippen LogP contribution in [-0.4, -0.2) is 35.2 Å². The molecule has 0 aliphatic carbocycles. The number of carbonyl (C=O) groups excluding carboxylic acids is 2. The van der Waals surface area contributed by atoms with E-state index in [0.29, 0.717) is 4.91 Å². The second kappa shape index (κ2) is 6.37. The van der Waals surface area contributed by atoms with Gasteiger partial charge in [-0.05, 0) is 68.3 Å². The Balaban J connectivity index is 2.02. The van der Waals surface area contributed by atoms with Gasteiger partial charge in [-0.15, -0.1) is 0 Å². The number of fused-ring (bicyclic) bond motifs is 1. The maximum Gasteiger partial charge on any atom is 0.293 e. The molecule has 1 saturated heterocycles. The van der Waals surface area contributed by atoms with Crippen molar-refractivity contribution in [3.05, 3.63) is 40.3 Å². The van der Waals surface area contributed by atoms with E-state index in [4.69, 9.17) is 0 Å². The first-order chi connectivity index (χ1) is 11.7. The Morgan fingerprint density at radius 1 is 1.24 bits per heavy atom. The van der Waals surface area contributed by atoms with E-state index in [1.807, 2.05) is 12.1 Å². The highest BCUT2D eigenvalue weighted by atomic mass is 32.2. The van der Waals surface area contributed by atoms with Crippen LogP contribution < -0.4 is 4.90 Å². The van der Waals surface area contributed by atoms with E-state index in [-0.39, 0.29) is 16.7 Å². The third-order valence-electron chi connectivity index (χ3n) is 4.73. The first-order valence-corrected chi connectivity index (χ1v) is 9.39. The van der Waals surface area contributed by atoms with Gasteiger partial charge < -0.3 is 4.90 Å². The van der Waals surface area contributed by atoms with Gasteiger partial charge in [0.1, 0.15) is 0 Å². The van der Waals surface area contributed by atoms with Gasteiger partial charge in [0, 0.05) is 24.8 Å². The van der Waals surface area contributed by atoms with Crippen LogP contribution in [0.2, 0.25) is 0 Å². The van der Waals surface area contributed by atoms with Crippen molar-refractivity contribution in [3.8, 4) is 0 Å². The third-order valence-corrected chi connectivity index (χ3v) is 5.69. The predicted molar refractivity (Wildman–Crippen MR) is 106 cm³/mol. The van der Waals surface area contributed by atoms with Gasteiger partial charge in [0.05, 0.1) is 10.4 Å². The van der Waals surface area contributed by atoms with Crippen LogP contribution in [0.4, 0.5) is 10.5 Å². The number of anilines is 1. The molecule has 3 rings (SSSR count). The molecule has 2 amide bonds. The van der Waals surface area contributed by atoms with E-state index in [9.17, 15) is 9.59 Å². The number of thioether (sulfide) groups is 1. The van der Waals surface area contributed by atoms with Crippen LogP contribution in [0, 0.1) is 0 Å². The minimum absolute atomic E-state index is 0.0144. The van der Waals surface area contributed by atoms with Gasteiger partial charge in [0.2, 0.25) is 0 Å². The summed E-state index contributed by atoms with van der Waals surface area (Å²) in [6.45, 7) is 9.79. The monoisotopic (exact) mass is 356 g/mol. The maximum atomic E-state index is 12.1. The highest BCUT2D eigenvalue weighted by Crippen LogP contribution is 2.40. The number of hydrogen-bond donors (Lipinski definition) is 0. The maximum absolute atomic E-state index is 12.1. The number of nitrogens with zero attached hydrogens (tertiary/aromatic N) is 2. The molecule has 0 aromatic heterocycles. The number of likely N-dealkylation sites (N-methyl/N-ethyl adjacent to an activating group) is 1. The molecule has 1 fully saturated rings. The number of allylic oxidation sites excluding steroid dienone is 1. The zero-order chi connectivity index (χ0) is 18.4. The van der Waals surface area contributed by atoms with Crippen LogP contribution in [0.15, 0.2) is 29.2 Å². The van der Waals surface area contributed by atoms with Crippen molar-refractivity contribution >= 4 is 40.2 Å². The summed E-state index contributed by atoms with van der Waals surface area (Å²) >= 11 is 0.997. The average Bonchev–Trinajstić information content (AvgIpc) is 2.78. The first kappa shape index (κ1) is 17.8. The van der Waals surface area contributed by atoms with Crippen molar-refractivity contribution in [1.29, 1.82) is 0 Å². The molecule has 1 aromatic carbocycles. The molecular weight excluding hydrogens is 332 g/mol. The zero-order valence-electron chi connectivity index (χ0n) is 15.4. The summed E-state index contributed by atoms with van der Waals surface area (Å²) < 4.78 is 0. The lowest BCUT2D eigenvalue weighted by atomic mass is 9.88. The molecule has 25 heavy (non-hydrogen) atoms. The Kier molecular flexibility index (Phi) is 4.54. The topological polar surface area (TPSA) is 40.6 Å². The van der Waals surface area contributed by atoms with Gasteiger partial charge in [0.15, 0.2) is 0 Å². The molecule has 2 aliphatic rings. The molecule has 0 atom stereocenters. The Morgan fingerprint density at radius 2 is 1.96 bits per heavy atom. The van der Waals surface area contributed by atoms with Crippen molar-refractivity contribution < 1.29 is 9.59 Å². The summed E-state index contributed by atoms with van der Waals surface area (Å²) in [6, 6.07) is 6.27. The summed E-state index contributed by atoms with van der Waals surface area (Å²) in [7, 11) is 1.52. The standard InChI is InChI=1S/C20H24N2O2S/c1-6-9-22-16-8-7-14(10-15(16)13(2)12-20(22,3)4)11-17-18(23)21(5)19(24)25-17/h7-8,10-12H,6,9H2,1-5H3/b17-11-. The molecule has 132 valence electrons. The summed E-state index contributed by atoms with van der Waals surface area (Å²) in [5.41, 5.74) is 4.59. The van der Waals surface area contributed by atoms with Crippen LogP contribution in [0.5, 0.6) is 0 Å². The summed E-state index contributed by atoms with van der Waals surface area (Å²) in [6.07, 6.45) is 5.20. The number of carbonyl (C=O) groups is 2. The van der Waals surface area contributed by atoms with Crippen molar-refractivity contribution in [2.45, 2.75) is 39.7 Å². The highest BCUT2D eigenvalue weighted by Gasteiger charge is 2.33. The van der Waals surface area contributed by atoms with Gasteiger partial charge in [-0.2, -0.15) is 0 Å². The average molecular weight is 356 g/mol. The summed E-state index contributed by atoms with van der Waals surface area (Å²) in [5.74, 6) is -0.228. The van der Waals surface area contributed by atoms with Crippen molar-refractivity contribution in [3.63, 3.8) is 0 Å². The van der Waals surface area contributed by atoms with E-state index in [1.165, 1.54) is 23.9 Å². The van der Waals surface area contributed by atoms with Crippen molar-refractivity contribution in [1.82, 2.24) is 4.90 Å². The Hall–Kier alpha value is -2.01. The largest absolute Gasteiger partial charge is 0.362 e. The lowest BCUT2D eigenvalue weighted by Gasteiger charge is -2.43. The molecule has 0 bridgehead atoms. The van der Waals surface area contributed by atoms with Crippen LogP contribution >= 0.6 is 11.8 Å². The van der Waals surface area contributed by atoms with E-state index in [0.717, 1.165) is 35.2 Å². The van der Waals surface area contributed by atoms with Gasteiger partial charge in [-0.3, -0.25) is 14.5 Å². The van der Waals surface area contributed by atoms with Crippen LogP contribution in [0.3, 0.4) is 0 Å². The number of amides is 2. The fourth-order valence-electron chi connectivity index (χ4n) is 3.52. The second-order valence-electron chi connectivity index (χ2n) is 7.15. The molecule has 0 unspecified atom stereocenters. The normalized spacial score (nSPS) is 21.0. The van der Waals surface area contributed by atoms with Crippen LogP contribution in [0.1, 0.15) is 45.2 Å². The molecule has 0 N–H and O–H groups in total. The van der Waals surface area contributed by atoms with E-state index < -0.39 is 0 Å². The molecule has 0 spiro atoms. The van der Waals surface area contributed by atoms with Crippen LogP contribution in [0.25, 0.3) is 11.6 Å². The number of rotatable bonds is 3. The third kappa shape index (κ3) is 3.13. The minimum atomic E-state index is -0.228. The van der Waals surface area contributed by atoms with E-state index in [2.05, 4.69) is 50.8 Å². The Bertz CT molecular complexity index is 808. The highest BCUT2D eigenvalue weighted by molar-refractivity contribution is 8.18. The molecule has 4 nitrogen and oxygen atoms in total. The van der Waals surface area contributed by atoms with E-state index in [1.54, 1.807) is 0 Å².